The Morgan fingerprint density at radius 1 is 1.35 bits per heavy atom. The molecule has 3 aromatic heterocycles. The Morgan fingerprint density at radius 3 is 2.94 bits per heavy atom. The molecule has 0 atom stereocenters. The first kappa shape index (κ1) is 10.9. The number of nitrogens with zero attached hydrogens (tertiary/aromatic N) is 4. The van der Waals surface area contributed by atoms with Gasteiger partial charge in [-0.3, -0.25) is 0 Å². The zero-order valence-electron chi connectivity index (χ0n) is 8.17. The highest BCUT2D eigenvalue weighted by Crippen LogP contribution is 2.36. The van der Waals surface area contributed by atoms with Gasteiger partial charge in [-0.2, -0.15) is 0 Å². The Balaban J connectivity index is 2.39. The van der Waals surface area contributed by atoms with E-state index in [1.807, 2.05) is 5.38 Å². The molecule has 0 amide bonds. The third kappa shape index (κ3) is 1.70. The fourth-order valence-electron chi connectivity index (χ4n) is 1.57. The monoisotopic (exact) mass is 286 g/mol. The highest BCUT2D eigenvalue weighted by molar-refractivity contribution is 7.92. The van der Waals surface area contributed by atoms with Crippen LogP contribution < -0.4 is 0 Å². The summed E-state index contributed by atoms with van der Waals surface area (Å²) in [6.45, 7) is 0. The van der Waals surface area contributed by atoms with E-state index < -0.39 is 0 Å². The minimum atomic E-state index is 0.0697. The second kappa shape index (κ2) is 4.25. The summed E-state index contributed by atoms with van der Waals surface area (Å²) in [6.07, 6.45) is 4.61. The predicted molar refractivity (Wildman–Crippen MR) is 67.7 cm³/mol. The van der Waals surface area contributed by atoms with Gasteiger partial charge in [-0.15, -0.1) is 15.2 Å². The number of hydrogen-bond donors (Lipinski definition) is 0. The lowest BCUT2D eigenvalue weighted by Crippen LogP contribution is -1.86. The van der Waals surface area contributed by atoms with E-state index in [-0.39, 0.29) is 12.3 Å². The Labute approximate surface area is 109 Å². The summed E-state index contributed by atoms with van der Waals surface area (Å²) in [5.74, 6) is 0. The van der Waals surface area contributed by atoms with Gasteiger partial charge >= 0.3 is 0 Å². The van der Waals surface area contributed by atoms with Crippen LogP contribution >= 0.6 is 35.3 Å². The van der Waals surface area contributed by atoms with Crippen molar-refractivity contribution in [2.75, 3.05) is 0 Å². The number of aromatic nitrogens is 4. The maximum atomic E-state index is 12.8. The van der Waals surface area contributed by atoms with Crippen molar-refractivity contribution in [3.63, 3.8) is 0 Å². The van der Waals surface area contributed by atoms with Crippen LogP contribution in [0.2, 0.25) is 5.15 Å². The van der Waals surface area contributed by atoms with Crippen molar-refractivity contribution >= 4 is 46.3 Å². The van der Waals surface area contributed by atoms with Crippen LogP contribution in [0.5, 0.6) is 0 Å². The molecule has 0 bridgehead atoms. The van der Waals surface area contributed by atoms with Crippen molar-refractivity contribution in [1.82, 2.24) is 18.9 Å². The molecule has 0 spiro atoms. The molecule has 0 fully saturated rings. The lowest BCUT2D eigenvalue weighted by atomic mass is 10.2. The second-order valence-corrected chi connectivity index (χ2v) is 4.92. The predicted octanol–water partition coefficient (Wildman–Crippen LogP) is 3.59. The van der Waals surface area contributed by atoms with Crippen molar-refractivity contribution in [3.8, 4) is 10.6 Å². The number of hydrogen-bond acceptors (Lipinski definition) is 5. The van der Waals surface area contributed by atoms with E-state index in [2.05, 4.69) is 15.0 Å². The third-order valence-corrected chi connectivity index (χ3v) is 3.76. The topological polar surface area (TPSA) is 43.6 Å². The summed E-state index contributed by atoms with van der Waals surface area (Å²) in [4.78, 5) is 12.1. The second-order valence-electron chi connectivity index (χ2n) is 3.14. The lowest BCUT2D eigenvalue weighted by Gasteiger charge is -1.95. The van der Waals surface area contributed by atoms with Gasteiger partial charge in [0.25, 0.3) is 0 Å². The molecule has 3 aromatic rings. The maximum absolute atomic E-state index is 12.8. The number of rotatable bonds is 2. The molecule has 8 heteroatoms. The molecule has 4 nitrogen and oxygen atoms in total. The Bertz CT molecular complexity index is 667. The van der Waals surface area contributed by atoms with E-state index >= 15 is 0 Å². The van der Waals surface area contributed by atoms with E-state index in [0.717, 1.165) is 10.6 Å². The smallest absolute Gasteiger partial charge is 0.171 e. The molecule has 0 aliphatic carbocycles. The van der Waals surface area contributed by atoms with Gasteiger partial charge in [0.2, 0.25) is 0 Å². The molecule has 17 heavy (non-hydrogen) atoms. The first-order valence-electron chi connectivity index (χ1n) is 4.51. The normalized spacial score (nSPS) is 11.2. The molecule has 0 N–H and O–H groups in total. The highest BCUT2D eigenvalue weighted by Gasteiger charge is 2.17. The van der Waals surface area contributed by atoms with E-state index in [9.17, 15) is 3.89 Å². The van der Waals surface area contributed by atoms with Gasteiger partial charge in [0.1, 0.15) is 16.5 Å². The first-order chi connectivity index (χ1) is 8.31. The highest BCUT2D eigenvalue weighted by atomic mass is 35.5. The summed E-state index contributed by atoms with van der Waals surface area (Å²) in [5, 5.41) is 3.53. The lowest BCUT2D eigenvalue weighted by molar-refractivity contribution is 0.919. The van der Waals surface area contributed by atoms with Gasteiger partial charge in [-0.1, -0.05) is 11.6 Å². The molecule has 0 saturated heterocycles. The average Bonchev–Trinajstić information content (AvgIpc) is 2.95. The van der Waals surface area contributed by atoms with E-state index in [0.29, 0.717) is 16.2 Å². The minimum absolute atomic E-state index is 0.0697. The molecule has 0 aliphatic rings. The zero-order valence-corrected chi connectivity index (χ0v) is 10.6. The molecule has 3 rings (SSSR count). The number of fused-ring (bicyclic) bond motifs is 1. The van der Waals surface area contributed by atoms with Gasteiger partial charge in [-0.25, -0.2) is 18.9 Å². The van der Waals surface area contributed by atoms with Crippen LogP contribution in [0.1, 0.15) is 0 Å². The molecule has 0 unspecified atom stereocenters. The summed E-state index contributed by atoms with van der Waals surface area (Å²) in [7, 11) is 0. The van der Waals surface area contributed by atoms with Gasteiger partial charge in [0.05, 0.1) is 5.39 Å². The van der Waals surface area contributed by atoms with Gasteiger partial charge < -0.3 is 0 Å². The number of halogens is 2. The van der Waals surface area contributed by atoms with Crippen LogP contribution in [0.15, 0.2) is 24.1 Å². The fraction of sp³-hybridized carbons (Fsp3) is 0. The van der Waals surface area contributed by atoms with Crippen molar-refractivity contribution in [1.29, 1.82) is 0 Å². The fourth-order valence-corrected chi connectivity index (χ4v) is 2.80. The molecule has 0 aliphatic heterocycles. The zero-order chi connectivity index (χ0) is 11.8. The molecule has 0 saturated carbocycles. The minimum Gasteiger partial charge on any atom is -0.246 e. The summed E-state index contributed by atoms with van der Waals surface area (Å²) >= 11 is 7.55. The maximum Gasteiger partial charge on any atom is 0.171 e. The summed E-state index contributed by atoms with van der Waals surface area (Å²) < 4.78 is 14.1. The number of thiazole rings is 1. The molecular weight excluding hydrogens is 283 g/mol. The van der Waals surface area contributed by atoms with Crippen LogP contribution in [0.4, 0.5) is 3.89 Å². The van der Waals surface area contributed by atoms with Crippen LogP contribution in [-0.4, -0.2) is 18.9 Å². The van der Waals surface area contributed by atoms with Crippen LogP contribution in [0, 0.1) is 0 Å². The summed E-state index contributed by atoms with van der Waals surface area (Å²) in [5.41, 5.74) is 1.19. The van der Waals surface area contributed by atoms with Crippen LogP contribution in [0.25, 0.3) is 21.6 Å². The quantitative estimate of drug-likeness (QED) is 0.675. The summed E-state index contributed by atoms with van der Waals surface area (Å²) in [6, 6.07) is 0. The van der Waals surface area contributed by atoms with Crippen molar-refractivity contribution in [3.05, 3.63) is 29.3 Å². The largest absolute Gasteiger partial charge is 0.246 e. The van der Waals surface area contributed by atoms with Gasteiger partial charge in [0, 0.05) is 23.3 Å². The standard InChI is InChI=1S/C9H4ClFN4S2/c10-7-6-5(9-12-1-2-16-9)3-15(17-11)8(6)14-4-13-7/h1-4H. The Morgan fingerprint density at radius 2 is 2.24 bits per heavy atom. The van der Waals surface area contributed by atoms with Crippen LogP contribution in [-0.2, 0) is 0 Å². The van der Waals surface area contributed by atoms with E-state index in [1.54, 1.807) is 12.4 Å². The van der Waals surface area contributed by atoms with Gasteiger partial charge in [-0.05, 0) is 0 Å². The average molecular weight is 287 g/mol. The Kier molecular flexibility index (Phi) is 2.73. The van der Waals surface area contributed by atoms with Gasteiger partial charge in [0.15, 0.2) is 18.0 Å². The molecule has 0 radical (unpaired) electrons. The molecule has 86 valence electrons. The Hall–Kier alpha value is -1.18. The first-order valence-corrected chi connectivity index (χ1v) is 6.45. The van der Waals surface area contributed by atoms with Crippen molar-refractivity contribution in [2.24, 2.45) is 0 Å². The van der Waals surface area contributed by atoms with Crippen molar-refractivity contribution < 1.29 is 3.89 Å². The molecule has 3 heterocycles. The SMILES string of the molecule is FSn1cc(-c2nccs2)c2c(Cl)ncnc21. The molecule has 0 aromatic carbocycles. The van der Waals surface area contributed by atoms with Crippen molar-refractivity contribution in [2.45, 2.75) is 0 Å². The van der Waals surface area contributed by atoms with Crippen LogP contribution in [0.3, 0.4) is 0 Å². The van der Waals surface area contributed by atoms with E-state index in [4.69, 9.17) is 11.6 Å². The third-order valence-electron chi connectivity index (χ3n) is 2.24. The molecular formula is C9H4ClFN4S2. The van der Waals surface area contributed by atoms with E-state index in [1.165, 1.54) is 21.6 Å².